The van der Waals surface area contributed by atoms with E-state index in [9.17, 15) is 9.90 Å². The molecule has 1 amide bonds. The summed E-state index contributed by atoms with van der Waals surface area (Å²) < 4.78 is 1.10. The Morgan fingerprint density at radius 1 is 1.38 bits per heavy atom. The highest BCUT2D eigenvalue weighted by Gasteiger charge is 2.42. The van der Waals surface area contributed by atoms with E-state index >= 15 is 0 Å². The van der Waals surface area contributed by atoms with E-state index in [1.165, 1.54) is 6.92 Å². The number of nitrogens with zero attached hydrogens (tertiary/aromatic N) is 2. The summed E-state index contributed by atoms with van der Waals surface area (Å²) in [5.41, 5.74) is 0.977. The third kappa shape index (κ3) is 2.98. The number of rotatable bonds is 2. The fourth-order valence-corrected chi connectivity index (χ4v) is 5.28. The number of anilines is 1. The Labute approximate surface area is 149 Å². The quantitative estimate of drug-likeness (QED) is 0.858. The molecule has 2 aliphatic rings. The molecule has 24 heavy (non-hydrogen) atoms. The maximum atomic E-state index is 11.3. The highest BCUT2D eigenvalue weighted by molar-refractivity contribution is 7.22. The van der Waals surface area contributed by atoms with Crippen LogP contribution < -0.4 is 10.2 Å². The van der Waals surface area contributed by atoms with Gasteiger partial charge in [0.05, 0.1) is 22.4 Å². The van der Waals surface area contributed by atoms with Crippen molar-refractivity contribution in [3.63, 3.8) is 0 Å². The molecule has 1 aliphatic heterocycles. The molecule has 4 atom stereocenters. The second kappa shape index (κ2) is 6.17. The van der Waals surface area contributed by atoms with Crippen LogP contribution in [0.4, 0.5) is 5.13 Å². The molecule has 2 fully saturated rings. The van der Waals surface area contributed by atoms with Crippen LogP contribution >= 0.6 is 22.9 Å². The van der Waals surface area contributed by atoms with Crippen molar-refractivity contribution in [2.45, 2.75) is 31.9 Å². The molecule has 1 aromatic heterocycles. The molecular weight excluding hydrogens is 346 g/mol. The number of halogens is 1. The molecular formula is C17H20ClN3O2S. The lowest BCUT2D eigenvalue weighted by Crippen LogP contribution is -2.48. The van der Waals surface area contributed by atoms with Gasteiger partial charge in [0.2, 0.25) is 5.91 Å². The monoisotopic (exact) mass is 365 g/mol. The maximum Gasteiger partial charge on any atom is 0.217 e. The topological polar surface area (TPSA) is 65.5 Å². The normalized spacial score (nSPS) is 29.7. The van der Waals surface area contributed by atoms with Gasteiger partial charge in [0, 0.05) is 25.0 Å². The van der Waals surface area contributed by atoms with Crippen LogP contribution in [0.25, 0.3) is 10.2 Å². The van der Waals surface area contributed by atoms with Gasteiger partial charge in [0.25, 0.3) is 0 Å². The van der Waals surface area contributed by atoms with Crippen LogP contribution in [0.1, 0.15) is 19.8 Å². The molecule has 5 nitrogen and oxygen atoms in total. The molecule has 7 heteroatoms. The van der Waals surface area contributed by atoms with Crippen molar-refractivity contribution in [1.29, 1.82) is 0 Å². The number of hydrogen-bond donors (Lipinski definition) is 2. The van der Waals surface area contributed by atoms with Crippen molar-refractivity contribution < 1.29 is 9.90 Å². The molecule has 4 rings (SSSR count). The molecule has 2 N–H and O–H groups in total. The summed E-state index contributed by atoms with van der Waals surface area (Å²) in [6, 6.07) is 5.65. The molecule has 2 heterocycles. The van der Waals surface area contributed by atoms with Crippen LogP contribution in [0.3, 0.4) is 0 Å². The van der Waals surface area contributed by atoms with Gasteiger partial charge in [-0.1, -0.05) is 22.9 Å². The van der Waals surface area contributed by atoms with Gasteiger partial charge in [-0.25, -0.2) is 4.98 Å². The van der Waals surface area contributed by atoms with Gasteiger partial charge in [-0.05, 0) is 42.9 Å². The first kappa shape index (κ1) is 16.1. The molecule has 1 aliphatic carbocycles. The number of amides is 1. The summed E-state index contributed by atoms with van der Waals surface area (Å²) in [7, 11) is 0. The predicted octanol–water partition coefficient (Wildman–Crippen LogP) is 2.66. The Balaban J connectivity index is 1.52. The lowest BCUT2D eigenvalue weighted by molar-refractivity contribution is -0.121. The highest BCUT2D eigenvalue weighted by atomic mass is 35.5. The van der Waals surface area contributed by atoms with Crippen molar-refractivity contribution >= 4 is 44.2 Å². The number of carbonyl (C=O) groups is 1. The van der Waals surface area contributed by atoms with E-state index in [1.54, 1.807) is 11.3 Å². The number of fused-ring (bicyclic) bond motifs is 2. The van der Waals surface area contributed by atoms with Gasteiger partial charge >= 0.3 is 0 Å². The zero-order valence-corrected chi connectivity index (χ0v) is 15.0. The molecule has 0 spiro atoms. The van der Waals surface area contributed by atoms with Crippen LogP contribution in [0.5, 0.6) is 0 Å². The van der Waals surface area contributed by atoms with E-state index in [0.717, 1.165) is 46.3 Å². The van der Waals surface area contributed by atoms with Gasteiger partial charge in [-0.2, -0.15) is 0 Å². The summed E-state index contributed by atoms with van der Waals surface area (Å²) >= 11 is 7.73. The number of aliphatic hydroxyl groups is 1. The van der Waals surface area contributed by atoms with Crippen molar-refractivity contribution in [3.8, 4) is 0 Å². The van der Waals surface area contributed by atoms with Gasteiger partial charge in [-0.3, -0.25) is 4.79 Å². The van der Waals surface area contributed by atoms with Crippen molar-refractivity contribution in [2.75, 3.05) is 18.0 Å². The first-order valence-electron chi connectivity index (χ1n) is 8.26. The molecule has 1 aromatic carbocycles. The maximum absolute atomic E-state index is 11.3. The Bertz CT molecular complexity index is 780. The summed E-state index contributed by atoms with van der Waals surface area (Å²) in [6.45, 7) is 3.36. The van der Waals surface area contributed by atoms with Crippen LogP contribution in [-0.2, 0) is 4.79 Å². The lowest BCUT2D eigenvalue weighted by atomic mass is 9.77. The fraction of sp³-hybridized carbons (Fsp3) is 0.529. The third-order valence-corrected chi connectivity index (χ3v) is 6.45. The number of thiazole rings is 1. The second-order valence-electron chi connectivity index (χ2n) is 6.88. The SMILES string of the molecule is CC(=O)N[C@@H]1C[C@@H]2CN(c3nc4ccc(Cl)cc4s3)C[C@@H]2C[C@H]1O. The van der Waals surface area contributed by atoms with E-state index in [2.05, 4.69) is 10.2 Å². The number of carbonyl (C=O) groups excluding carboxylic acids is 1. The van der Waals surface area contributed by atoms with Crippen molar-refractivity contribution in [3.05, 3.63) is 23.2 Å². The van der Waals surface area contributed by atoms with Gasteiger partial charge in [0.15, 0.2) is 5.13 Å². The Hall–Kier alpha value is -1.37. The summed E-state index contributed by atoms with van der Waals surface area (Å²) in [4.78, 5) is 18.4. The Morgan fingerprint density at radius 2 is 2.12 bits per heavy atom. The predicted molar refractivity (Wildman–Crippen MR) is 96.7 cm³/mol. The average Bonchev–Trinajstić information content (AvgIpc) is 3.10. The minimum absolute atomic E-state index is 0.0737. The second-order valence-corrected chi connectivity index (χ2v) is 8.32. The largest absolute Gasteiger partial charge is 0.391 e. The van der Waals surface area contributed by atoms with Gasteiger partial charge in [0.1, 0.15) is 0 Å². The zero-order valence-electron chi connectivity index (χ0n) is 13.4. The van der Waals surface area contributed by atoms with Crippen LogP contribution in [0.2, 0.25) is 5.02 Å². The minimum atomic E-state index is -0.454. The molecule has 1 saturated heterocycles. The number of aliphatic hydroxyl groups excluding tert-OH is 1. The molecule has 2 aromatic rings. The van der Waals surface area contributed by atoms with Crippen molar-refractivity contribution in [1.82, 2.24) is 10.3 Å². The number of aromatic nitrogens is 1. The average molecular weight is 366 g/mol. The summed E-state index contributed by atoms with van der Waals surface area (Å²) in [5.74, 6) is 0.872. The Morgan fingerprint density at radius 3 is 2.88 bits per heavy atom. The highest BCUT2D eigenvalue weighted by Crippen LogP contribution is 2.40. The number of benzene rings is 1. The Kier molecular flexibility index (Phi) is 4.14. The summed E-state index contributed by atoms with van der Waals surface area (Å²) in [6.07, 6.45) is 1.12. The third-order valence-electron chi connectivity index (χ3n) is 5.14. The van der Waals surface area contributed by atoms with Crippen LogP contribution in [0.15, 0.2) is 18.2 Å². The van der Waals surface area contributed by atoms with Gasteiger partial charge < -0.3 is 15.3 Å². The van der Waals surface area contributed by atoms with E-state index < -0.39 is 6.10 Å². The smallest absolute Gasteiger partial charge is 0.217 e. The standard InChI is InChI=1S/C17H20ClN3O2S/c1-9(22)19-14-4-10-7-21(8-11(10)5-15(14)23)17-20-13-3-2-12(18)6-16(13)24-17/h2-3,6,10-11,14-15,23H,4-5,7-8H2,1H3,(H,19,22)/t10-,11+,14-,15-/m1/s1. The van der Waals surface area contributed by atoms with Crippen molar-refractivity contribution in [2.24, 2.45) is 11.8 Å². The van der Waals surface area contributed by atoms with Crippen LogP contribution in [0, 0.1) is 11.8 Å². The minimum Gasteiger partial charge on any atom is -0.391 e. The van der Waals surface area contributed by atoms with Gasteiger partial charge in [-0.15, -0.1) is 0 Å². The summed E-state index contributed by atoms with van der Waals surface area (Å²) in [5, 5.41) is 14.9. The number of nitrogens with one attached hydrogen (secondary N) is 1. The molecule has 0 bridgehead atoms. The van der Waals surface area contributed by atoms with E-state index in [-0.39, 0.29) is 11.9 Å². The van der Waals surface area contributed by atoms with E-state index in [0.29, 0.717) is 11.8 Å². The van der Waals surface area contributed by atoms with E-state index in [1.807, 2.05) is 18.2 Å². The van der Waals surface area contributed by atoms with Crippen LogP contribution in [-0.4, -0.2) is 41.2 Å². The lowest BCUT2D eigenvalue weighted by Gasteiger charge is -2.35. The molecule has 0 radical (unpaired) electrons. The fourth-order valence-electron chi connectivity index (χ4n) is 4.02. The molecule has 128 valence electrons. The zero-order chi connectivity index (χ0) is 16.8. The first-order valence-corrected chi connectivity index (χ1v) is 9.45. The molecule has 0 unspecified atom stereocenters. The number of hydrogen-bond acceptors (Lipinski definition) is 5. The first-order chi connectivity index (χ1) is 11.5. The van der Waals surface area contributed by atoms with E-state index in [4.69, 9.17) is 16.6 Å². The molecule has 1 saturated carbocycles.